The van der Waals surface area contributed by atoms with Crippen LogP contribution in [-0.2, 0) is 4.79 Å². The normalized spacial score (nSPS) is 24.8. The Bertz CT molecular complexity index is 340. The van der Waals surface area contributed by atoms with Crippen molar-refractivity contribution in [2.45, 2.75) is 32.2 Å². The van der Waals surface area contributed by atoms with E-state index in [1.54, 1.807) is 0 Å². The summed E-state index contributed by atoms with van der Waals surface area (Å²) in [4.78, 5) is 28.8. The molecule has 2 saturated heterocycles. The number of aliphatic carboxylic acids is 1. The first-order valence-corrected chi connectivity index (χ1v) is 7.07. The number of carbonyl (C=O) groups excluding carboxylic acids is 1. The zero-order chi connectivity index (χ0) is 13.8. The fraction of sp³-hybridized carbons (Fsp3) is 0.846. The van der Waals surface area contributed by atoms with Crippen LogP contribution in [0.25, 0.3) is 0 Å². The minimum atomic E-state index is -0.760. The number of nitrogens with zero attached hydrogens (tertiary/aromatic N) is 3. The zero-order valence-corrected chi connectivity index (χ0v) is 11.5. The molecule has 0 spiro atoms. The van der Waals surface area contributed by atoms with Gasteiger partial charge in [-0.05, 0) is 19.8 Å². The molecule has 0 aliphatic carbocycles. The SMILES string of the molecule is CC1CCCN1C(=O)N1CCN(CCC(=O)O)CC1. The standard InChI is InChI=1S/C13H23N3O3/c1-11-3-2-5-16(11)13(19)15-9-7-14(8-10-15)6-4-12(17)18/h11H,2-10H2,1H3,(H,17,18). The van der Waals surface area contributed by atoms with Gasteiger partial charge in [0.15, 0.2) is 0 Å². The monoisotopic (exact) mass is 269 g/mol. The molecule has 0 aromatic rings. The molecule has 1 unspecified atom stereocenters. The van der Waals surface area contributed by atoms with Crippen molar-refractivity contribution in [3.8, 4) is 0 Å². The number of amides is 2. The highest BCUT2D eigenvalue weighted by molar-refractivity contribution is 5.75. The number of carboxylic acid groups (broad SMARTS) is 1. The third-order valence-electron chi connectivity index (χ3n) is 4.08. The molecule has 19 heavy (non-hydrogen) atoms. The molecule has 1 atom stereocenters. The van der Waals surface area contributed by atoms with Crippen LogP contribution in [0, 0.1) is 0 Å². The number of carboxylic acids is 1. The van der Waals surface area contributed by atoms with E-state index in [2.05, 4.69) is 11.8 Å². The van der Waals surface area contributed by atoms with Crippen LogP contribution < -0.4 is 0 Å². The Labute approximate surface area is 114 Å². The summed E-state index contributed by atoms with van der Waals surface area (Å²) in [6.45, 7) is 6.54. The van der Waals surface area contributed by atoms with Crippen molar-refractivity contribution in [1.29, 1.82) is 0 Å². The van der Waals surface area contributed by atoms with Crippen LogP contribution in [0.3, 0.4) is 0 Å². The summed E-state index contributed by atoms with van der Waals surface area (Å²) in [6, 6.07) is 0.514. The number of urea groups is 1. The quantitative estimate of drug-likeness (QED) is 0.818. The molecule has 2 amide bonds. The topological polar surface area (TPSA) is 64.1 Å². The second-order valence-electron chi connectivity index (χ2n) is 5.44. The van der Waals surface area contributed by atoms with Crippen molar-refractivity contribution < 1.29 is 14.7 Å². The maximum absolute atomic E-state index is 12.3. The van der Waals surface area contributed by atoms with E-state index in [9.17, 15) is 9.59 Å². The lowest BCUT2D eigenvalue weighted by Gasteiger charge is -2.37. The Morgan fingerprint density at radius 3 is 2.37 bits per heavy atom. The van der Waals surface area contributed by atoms with Crippen molar-refractivity contribution in [2.24, 2.45) is 0 Å². The van der Waals surface area contributed by atoms with Gasteiger partial charge in [0.05, 0.1) is 6.42 Å². The summed E-state index contributed by atoms with van der Waals surface area (Å²) in [5.74, 6) is -0.760. The van der Waals surface area contributed by atoms with E-state index in [4.69, 9.17) is 5.11 Å². The lowest BCUT2D eigenvalue weighted by atomic mass is 10.2. The Hall–Kier alpha value is -1.30. The summed E-state index contributed by atoms with van der Waals surface area (Å²) in [5, 5.41) is 8.66. The molecule has 0 saturated carbocycles. The van der Waals surface area contributed by atoms with Gasteiger partial charge in [-0.15, -0.1) is 0 Å². The first-order chi connectivity index (χ1) is 9.08. The van der Waals surface area contributed by atoms with E-state index >= 15 is 0 Å². The summed E-state index contributed by atoms with van der Waals surface area (Å²) in [5.41, 5.74) is 0. The summed E-state index contributed by atoms with van der Waals surface area (Å²) < 4.78 is 0. The van der Waals surface area contributed by atoms with E-state index in [0.717, 1.165) is 32.5 Å². The van der Waals surface area contributed by atoms with Gasteiger partial charge in [0.2, 0.25) is 0 Å². The second kappa shape index (κ2) is 6.23. The van der Waals surface area contributed by atoms with Gasteiger partial charge in [0.1, 0.15) is 0 Å². The van der Waals surface area contributed by atoms with Crippen LogP contribution in [0.1, 0.15) is 26.2 Å². The first-order valence-electron chi connectivity index (χ1n) is 7.07. The van der Waals surface area contributed by atoms with Gasteiger partial charge < -0.3 is 14.9 Å². The van der Waals surface area contributed by atoms with Gasteiger partial charge in [-0.1, -0.05) is 0 Å². The van der Waals surface area contributed by atoms with E-state index < -0.39 is 5.97 Å². The molecular weight excluding hydrogens is 246 g/mol. The number of hydrogen-bond donors (Lipinski definition) is 1. The molecule has 2 aliphatic heterocycles. The number of hydrogen-bond acceptors (Lipinski definition) is 3. The van der Waals surface area contributed by atoms with Crippen molar-refractivity contribution in [3.05, 3.63) is 0 Å². The Morgan fingerprint density at radius 1 is 1.16 bits per heavy atom. The predicted molar refractivity (Wildman–Crippen MR) is 71.1 cm³/mol. The lowest BCUT2D eigenvalue weighted by molar-refractivity contribution is -0.137. The van der Waals surface area contributed by atoms with Crippen LogP contribution in [0.2, 0.25) is 0 Å². The van der Waals surface area contributed by atoms with E-state index in [0.29, 0.717) is 25.7 Å². The summed E-state index contributed by atoms with van der Waals surface area (Å²) >= 11 is 0. The maximum atomic E-state index is 12.3. The number of likely N-dealkylation sites (tertiary alicyclic amines) is 1. The van der Waals surface area contributed by atoms with Crippen molar-refractivity contribution in [1.82, 2.24) is 14.7 Å². The smallest absolute Gasteiger partial charge is 0.320 e. The average Bonchev–Trinajstić information content (AvgIpc) is 2.82. The Kier molecular flexibility index (Phi) is 4.63. The van der Waals surface area contributed by atoms with Gasteiger partial charge in [-0.3, -0.25) is 9.69 Å². The van der Waals surface area contributed by atoms with Gasteiger partial charge in [0, 0.05) is 45.3 Å². The molecule has 0 aromatic carbocycles. The van der Waals surface area contributed by atoms with E-state index in [1.165, 1.54) is 0 Å². The highest BCUT2D eigenvalue weighted by Gasteiger charge is 2.30. The van der Waals surface area contributed by atoms with Crippen molar-refractivity contribution in [2.75, 3.05) is 39.3 Å². The van der Waals surface area contributed by atoms with Crippen LogP contribution >= 0.6 is 0 Å². The molecule has 0 bridgehead atoms. The van der Waals surface area contributed by atoms with Crippen LogP contribution in [0.5, 0.6) is 0 Å². The molecule has 2 rings (SSSR count). The van der Waals surface area contributed by atoms with E-state index in [-0.39, 0.29) is 12.5 Å². The molecule has 2 fully saturated rings. The van der Waals surface area contributed by atoms with Crippen LogP contribution in [0.4, 0.5) is 4.79 Å². The van der Waals surface area contributed by atoms with Crippen LogP contribution in [0.15, 0.2) is 0 Å². The molecule has 108 valence electrons. The van der Waals surface area contributed by atoms with Gasteiger partial charge in [-0.25, -0.2) is 4.79 Å². The lowest BCUT2D eigenvalue weighted by Crippen LogP contribution is -2.53. The minimum Gasteiger partial charge on any atom is -0.481 e. The third-order valence-corrected chi connectivity index (χ3v) is 4.08. The summed E-state index contributed by atoms with van der Waals surface area (Å²) in [6.07, 6.45) is 2.38. The Morgan fingerprint density at radius 2 is 1.84 bits per heavy atom. The third kappa shape index (κ3) is 3.59. The Balaban J connectivity index is 1.76. The zero-order valence-electron chi connectivity index (χ0n) is 11.5. The first kappa shape index (κ1) is 14.1. The number of rotatable bonds is 3. The maximum Gasteiger partial charge on any atom is 0.320 e. The highest BCUT2D eigenvalue weighted by atomic mass is 16.4. The van der Waals surface area contributed by atoms with Gasteiger partial charge >= 0.3 is 12.0 Å². The molecule has 2 aliphatic rings. The largest absolute Gasteiger partial charge is 0.481 e. The van der Waals surface area contributed by atoms with Crippen molar-refractivity contribution >= 4 is 12.0 Å². The molecule has 0 radical (unpaired) electrons. The number of carbonyl (C=O) groups is 2. The minimum absolute atomic E-state index is 0.155. The molecular formula is C13H23N3O3. The van der Waals surface area contributed by atoms with Crippen molar-refractivity contribution in [3.63, 3.8) is 0 Å². The second-order valence-corrected chi connectivity index (χ2v) is 5.44. The highest BCUT2D eigenvalue weighted by Crippen LogP contribution is 2.19. The fourth-order valence-electron chi connectivity index (χ4n) is 2.82. The average molecular weight is 269 g/mol. The number of piperazine rings is 1. The molecule has 2 heterocycles. The molecule has 1 N–H and O–H groups in total. The van der Waals surface area contributed by atoms with Gasteiger partial charge in [-0.2, -0.15) is 0 Å². The fourth-order valence-corrected chi connectivity index (χ4v) is 2.82. The molecule has 6 heteroatoms. The molecule has 0 aromatic heterocycles. The van der Waals surface area contributed by atoms with E-state index in [1.807, 2.05) is 9.80 Å². The predicted octanol–water partition coefficient (Wildman–Crippen LogP) is 0.683. The van der Waals surface area contributed by atoms with Crippen LogP contribution in [-0.4, -0.2) is 77.1 Å². The van der Waals surface area contributed by atoms with Gasteiger partial charge in [0.25, 0.3) is 0 Å². The summed E-state index contributed by atoms with van der Waals surface area (Å²) in [7, 11) is 0. The molecule has 6 nitrogen and oxygen atoms in total.